The molecule has 0 aliphatic rings. The van der Waals surface area contributed by atoms with E-state index in [-0.39, 0.29) is 16.7 Å². The third-order valence-electron chi connectivity index (χ3n) is 3.11. The van der Waals surface area contributed by atoms with Crippen LogP contribution in [0.2, 0.25) is 0 Å². The van der Waals surface area contributed by atoms with Crippen molar-refractivity contribution in [2.24, 2.45) is 5.41 Å². The Hall–Kier alpha value is -2.04. The summed E-state index contributed by atoms with van der Waals surface area (Å²) in [6, 6.07) is 4.67. The van der Waals surface area contributed by atoms with Crippen LogP contribution in [0.5, 0.6) is 0 Å². The van der Waals surface area contributed by atoms with E-state index < -0.39 is 5.97 Å². The van der Waals surface area contributed by atoms with Gasteiger partial charge in [-0.05, 0) is 30.0 Å². The molecule has 1 aromatic heterocycles. The van der Waals surface area contributed by atoms with E-state index in [0.717, 1.165) is 6.42 Å². The van der Waals surface area contributed by atoms with Gasteiger partial charge in [-0.3, -0.25) is 4.57 Å². The molecule has 5 heteroatoms. The van der Waals surface area contributed by atoms with Crippen molar-refractivity contribution in [3.8, 4) is 0 Å². The van der Waals surface area contributed by atoms with E-state index in [9.17, 15) is 9.59 Å². The Bertz CT molecular complexity index is 674. The molecule has 0 unspecified atom stereocenters. The Morgan fingerprint density at radius 2 is 2.05 bits per heavy atom. The molecule has 2 N–H and O–H groups in total. The number of hydrogen-bond donors (Lipinski definition) is 2. The van der Waals surface area contributed by atoms with Gasteiger partial charge in [0.1, 0.15) is 0 Å². The number of carbonyl (C=O) groups is 1. The second-order valence-electron chi connectivity index (χ2n) is 5.93. The summed E-state index contributed by atoms with van der Waals surface area (Å²) >= 11 is 0. The number of nitrogens with zero attached hydrogens (tertiary/aromatic N) is 1. The highest BCUT2D eigenvalue weighted by atomic mass is 16.4. The van der Waals surface area contributed by atoms with E-state index in [0.29, 0.717) is 17.6 Å². The summed E-state index contributed by atoms with van der Waals surface area (Å²) in [6.45, 7) is 6.89. The van der Waals surface area contributed by atoms with Gasteiger partial charge < -0.3 is 10.1 Å². The van der Waals surface area contributed by atoms with Gasteiger partial charge in [-0.2, -0.15) is 0 Å². The van der Waals surface area contributed by atoms with Crippen molar-refractivity contribution in [3.63, 3.8) is 0 Å². The van der Waals surface area contributed by atoms with Crippen LogP contribution in [0.4, 0.5) is 0 Å². The van der Waals surface area contributed by atoms with Gasteiger partial charge >= 0.3 is 11.7 Å². The molecule has 0 radical (unpaired) electrons. The van der Waals surface area contributed by atoms with E-state index in [1.165, 1.54) is 12.1 Å². The van der Waals surface area contributed by atoms with Gasteiger partial charge in [0.15, 0.2) is 0 Å². The number of aromatic carboxylic acids is 1. The smallest absolute Gasteiger partial charge is 0.335 e. The van der Waals surface area contributed by atoms with Crippen LogP contribution in [0.15, 0.2) is 23.0 Å². The number of carboxylic acids is 1. The standard InChI is InChI=1S/C14H18N2O3/c1-14(2,3)6-7-16-11-8-9(12(17)18)4-5-10(11)15-13(16)19/h4-5,8H,6-7H2,1-3H3,(H,15,19)(H,17,18). The minimum absolute atomic E-state index is 0.118. The average molecular weight is 262 g/mol. The van der Waals surface area contributed by atoms with Crippen molar-refractivity contribution in [1.82, 2.24) is 9.55 Å². The summed E-state index contributed by atoms with van der Waals surface area (Å²) in [5.41, 5.74) is 1.43. The average Bonchev–Trinajstić information content (AvgIpc) is 2.60. The Morgan fingerprint density at radius 3 is 2.63 bits per heavy atom. The fourth-order valence-corrected chi connectivity index (χ4v) is 1.95. The van der Waals surface area contributed by atoms with E-state index in [4.69, 9.17) is 5.11 Å². The monoisotopic (exact) mass is 262 g/mol. The minimum atomic E-state index is -0.988. The molecule has 0 spiro atoms. The lowest BCUT2D eigenvalue weighted by Crippen LogP contribution is -2.20. The zero-order valence-corrected chi connectivity index (χ0v) is 11.4. The van der Waals surface area contributed by atoms with Crippen LogP contribution in [-0.4, -0.2) is 20.6 Å². The number of aromatic nitrogens is 2. The van der Waals surface area contributed by atoms with Crippen molar-refractivity contribution in [2.75, 3.05) is 0 Å². The molecule has 102 valence electrons. The van der Waals surface area contributed by atoms with E-state index in [2.05, 4.69) is 25.8 Å². The maximum absolute atomic E-state index is 11.9. The zero-order valence-electron chi connectivity index (χ0n) is 11.4. The fraction of sp³-hybridized carbons (Fsp3) is 0.429. The third-order valence-corrected chi connectivity index (χ3v) is 3.11. The Kier molecular flexibility index (Phi) is 3.22. The van der Waals surface area contributed by atoms with Crippen LogP contribution in [0, 0.1) is 5.41 Å². The Labute approximate surface area is 110 Å². The fourth-order valence-electron chi connectivity index (χ4n) is 1.95. The number of imidazole rings is 1. The second kappa shape index (κ2) is 4.57. The van der Waals surface area contributed by atoms with Crippen molar-refractivity contribution in [2.45, 2.75) is 33.7 Å². The van der Waals surface area contributed by atoms with Crippen molar-refractivity contribution in [1.29, 1.82) is 0 Å². The number of aryl methyl sites for hydroxylation is 1. The molecule has 0 saturated heterocycles. The maximum Gasteiger partial charge on any atom is 0.335 e. The SMILES string of the molecule is CC(C)(C)CCn1c(=O)[nH]c2ccc(C(=O)O)cc21. The largest absolute Gasteiger partial charge is 0.478 e. The predicted octanol–water partition coefficient (Wildman–Crippen LogP) is 2.46. The highest BCUT2D eigenvalue weighted by Gasteiger charge is 2.14. The number of benzene rings is 1. The first-order valence-corrected chi connectivity index (χ1v) is 6.24. The van der Waals surface area contributed by atoms with Crippen LogP contribution < -0.4 is 5.69 Å². The molecule has 5 nitrogen and oxygen atoms in total. The molecule has 1 aromatic carbocycles. The summed E-state index contributed by atoms with van der Waals surface area (Å²) < 4.78 is 1.60. The minimum Gasteiger partial charge on any atom is -0.478 e. The topological polar surface area (TPSA) is 75.1 Å². The number of fused-ring (bicyclic) bond motifs is 1. The zero-order chi connectivity index (χ0) is 14.2. The number of carboxylic acid groups (broad SMARTS) is 1. The van der Waals surface area contributed by atoms with Crippen LogP contribution >= 0.6 is 0 Å². The normalized spacial score (nSPS) is 11.9. The molecule has 0 fully saturated rings. The number of aromatic amines is 1. The number of nitrogens with one attached hydrogen (secondary N) is 1. The first kappa shape index (κ1) is 13.4. The summed E-state index contributed by atoms with van der Waals surface area (Å²) in [7, 11) is 0. The number of H-pyrrole nitrogens is 1. The van der Waals surface area contributed by atoms with Gasteiger partial charge in [-0.15, -0.1) is 0 Å². The summed E-state index contributed by atoms with van der Waals surface area (Å²) in [5.74, 6) is -0.988. The molecular formula is C14H18N2O3. The quantitative estimate of drug-likeness (QED) is 0.892. The summed E-state index contributed by atoms with van der Waals surface area (Å²) in [6.07, 6.45) is 0.844. The molecule has 0 bridgehead atoms. The molecule has 0 aliphatic carbocycles. The summed E-state index contributed by atoms with van der Waals surface area (Å²) in [4.78, 5) is 25.6. The van der Waals surface area contributed by atoms with Gasteiger partial charge in [0.25, 0.3) is 0 Å². The molecule has 0 atom stereocenters. The second-order valence-corrected chi connectivity index (χ2v) is 5.93. The molecule has 0 aliphatic heterocycles. The van der Waals surface area contributed by atoms with Gasteiger partial charge in [0.05, 0.1) is 16.6 Å². The van der Waals surface area contributed by atoms with Crippen molar-refractivity contribution in [3.05, 3.63) is 34.2 Å². The lowest BCUT2D eigenvalue weighted by molar-refractivity contribution is 0.0697. The molecule has 2 aromatic rings. The van der Waals surface area contributed by atoms with Gasteiger partial charge in [0, 0.05) is 6.54 Å². The van der Waals surface area contributed by atoms with Crippen LogP contribution in [0.1, 0.15) is 37.6 Å². The Morgan fingerprint density at radius 1 is 1.37 bits per heavy atom. The van der Waals surface area contributed by atoms with E-state index >= 15 is 0 Å². The highest BCUT2D eigenvalue weighted by molar-refractivity contribution is 5.92. The first-order valence-electron chi connectivity index (χ1n) is 6.24. The van der Waals surface area contributed by atoms with Crippen LogP contribution in [0.3, 0.4) is 0 Å². The van der Waals surface area contributed by atoms with E-state index in [1.54, 1.807) is 10.6 Å². The van der Waals surface area contributed by atoms with Gasteiger partial charge in [-0.1, -0.05) is 20.8 Å². The number of hydrogen-bond acceptors (Lipinski definition) is 2. The lowest BCUT2D eigenvalue weighted by atomic mass is 9.92. The summed E-state index contributed by atoms with van der Waals surface area (Å²) in [5, 5.41) is 9.00. The maximum atomic E-state index is 11.9. The van der Waals surface area contributed by atoms with E-state index in [1.807, 2.05) is 0 Å². The lowest BCUT2D eigenvalue weighted by Gasteiger charge is -2.18. The predicted molar refractivity (Wildman–Crippen MR) is 73.6 cm³/mol. The molecule has 0 amide bonds. The Balaban J connectivity index is 2.47. The molecule has 2 rings (SSSR count). The van der Waals surface area contributed by atoms with Crippen LogP contribution in [0.25, 0.3) is 11.0 Å². The van der Waals surface area contributed by atoms with Gasteiger partial charge in [0.2, 0.25) is 0 Å². The van der Waals surface area contributed by atoms with Crippen LogP contribution in [-0.2, 0) is 6.54 Å². The first-order chi connectivity index (χ1) is 8.78. The molecule has 1 heterocycles. The highest BCUT2D eigenvalue weighted by Crippen LogP contribution is 2.21. The van der Waals surface area contributed by atoms with Crippen molar-refractivity contribution >= 4 is 17.0 Å². The molecule has 0 saturated carbocycles. The number of rotatable bonds is 3. The molecule has 19 heavy (non-hydrogen) atoms. The van der Waals surface area contributed by atoms with Gasteiger partial charge in [-0.25, -0.2) is 9.59 Å². The third kappa shape index (κ3) is 2.86. The molecular weight excluding hydrogens is 244 g/mol. The van der Waals surface area contributed by atoms with Crippen molar-refractivity contribution < 1.29 is 9.90 Å².